The Labute approximate surface area is 165 Å². The Bertz CT molecular complexity index is 898. The van der Waals surface area contributed by atoms with E-state index in [9.17, 15) is 9.18 Å². The highest BCUT2D eigenvalue weighted by atomic mass is 35.5. The molecular formula is C19H18ClF2N5O. The van der Waals surface area contributed by atoms with Gasteiger partial charge in [0.25, 0.3) is 0 Å². The van der Waals surface area contributed by atoms with Crippen LogP contribution in [-0.2, 0) is 4.79 Å². The van der Waals surface area contributed by atoms with Crippen molar-refractivity contribution < 1.29 is 13.6 Å². The second kappa shape index (κ2) is 7.43. The van der Waals surface area contributed by atoms with Gasteiger partial charge in [-0.05, 0) is 35.7 Å². The molecule has 1 amide bonds. The summed E-state index contributed by atoms with van der Waals surface area (Å²) in [6.07, 6.45) is 7.60. The van der Waals surface area contributed by atoms with Crippen molar-refractivity contribution in [3.8, 4) is 0 Å². The van der Waals surface area contributed by atoms with Gasteiger partial charge in [0.2, 0.25) is 11.2 Å². The Kier molecular flexibility index (Phi) is 4.97. The highest BCUT2D eigenvalue weighted by Gasteiger charge is 2.69. The molecule has 0 aromatic carbocycles. The molecular weight excluding hydrogens is 388 g/mol. The molecule has 0 radical (unpaired) electrons. The number of alkyl halides is 1. The standard InChI is InChI=1S/C19H18ClF2N5O/c20-18-25-9-15(21)17(26-18)27-10-13-14(11-27)19(13,22)5-7-24-16(28)4-3-12-2-1-6-23-8-12/h1-4,6,8-9,13-14H,5,7,10-11H2,(H,24,28)/b4-3+. The summed E-state index contributed by atoms with van der Waals surface area (Å²) < 4.78 is 28.9. The maximum atomic E-state index is 15.0. The van der Waals surface area contributed by atoms with Crippen LogP contribution in [0.3, 0.4) is 0 Å². The molecule has 2 atom stereocenters. The number of piperidine rings is 1. The third kappa shape index (κ3) is 3.69. The lowest BCUT2D eigenvalue weighted by Crippen LogP contribution is -2.33. The fraction of sp³-hybridized carbons (Fsp3) is 0.368. The molecule has 1 saturated heterocycles. The number of amides is 1. The van der Waals surface area contributed by atoms with Gasteiger partial charge in [-0.25, -0.2) is 13.8 Å². The molecule has 28 heavy (non-hydrogen) atoms. The van der Waals surface area contributed by atoms with Crippen molar-refractivity contribution in [1.82, 2.24) is 20.3 Å². The highest BCUT2D eigenvalue weighted by molar-refractivity contribution is 6.28. The lowest BCUT2D eigenvalue weighted by atomic mass is 10.1. The molecule has 2 aliphatic rings. The maximum Gasteiger partial charge on any atom is 0.244 e. The Morgan fingerprint density at radius 2 is 2.18 bits per heavy atom. The fourth-order valence-corrected chi connectivity index (χ4v) is 3.99. The number of nitrogens with one attached hydrogen (secondary N) is 1. The molecule has 2 unspecified atom stereocenters. The first-order valence-corrected chi connectivity index (χ1v) is 9.33. The smallest absolute Gasteiger partial charge is 0.244 e. The van der Waals surface area contributed by atoms with Crippen molar-refractivity contribution in [3.05, 3.63) is 53.5 Å². The van der Waals surface area contributed by atoms with Gasteiger partial charge in [-0.1, -0.05) is 6.07 Å². The summed E-state index contributed by atoms with van der Waals surface area (Å²) in [6.45, 7) is 0.994. The van der Waals surface area contributed by atoms with Crippen LogP contribution in [0.15, 0.2) is 36.8 Å². The minimum absolute atomic E-state index is 0.0365. The van der Waals surface area contributed by atoms with Crippen LogP contribution in [0.2, 0.25) is 5.28 Å². The number of carbonyl (C=O) groups is 1. The van der Waals surface area contributed by atoms with Crippen molar-refractivity contribution in [2.75, 3.05) is 24.5 Å². The van der Waals surface area contributed by atoms with Crippen LogP contribution in [0.1, 0.15) is 12.0 Å². The van der Waals surface area contributed by atoms with Gasteiger partial charge in [-0.3, -0.25) is 9.78 Å². The van der Waals surface area contributed by atoms with Crippen molar-refractivity contribution in [1.29, 1.82) is 0 Å². The van der Waals surface area contributed by atoms with Crippen LogP contribution in [0.25, 0.3) is 6.08 Å². The minimum Gasteiger partial charge on any atom is -0.353 e. The van der Waals surface area contributed by atoms with Gasteiger partial charge < -0.3 is 10.2 Å². The first-order chi connectivity index (χ1) is 13.5. The average molecular weight is 406 g/mol. The lowest BCUT2D eigenvalue weighted by molar-refractivity contribution is -0.116. The molecule has 1 aliphatic carbocycles. The van der Waals surface area contributed by atoms with Crippen LogP contribution in [0, 0.1) is 17.7 Å². The second-order valence-electron chi connectivity index (χ2n) is 7.02. The summed E-state index contributed by atoms with van der Waals surface area (Å²) in [7, 11) is 0. The minimum atomic E-state index is -1.33. The number of carbonyl (C=O) groups excluding carboxylic acids is 1. The predicted octanol–water partition coefficient (Wildman–Crippen LogP) is 2.66. The number of anilines is 1. The number of pyridine rings is 1. The zero-order chi connectivity index (χ0) is 19.7. The highest BCUT2D eigenvalue weighted by Crippen LogP contribution is 2.60. The van der Waals surface area contributed by atoms with Crippen molar-refractivity contribution in [2.45, 2.75) is 12.1 Å². The van der Waals surface area contributed by atoms with E-state index in [0.29, 0.717) is 13.1 Å². The van der Waals surface area contributed by atoms with Gasteiger partial charge in [0.1, 0.15) is 5.67 Å². The molecule has 3 heterocycles. The van der Waals surface area contributed by atoms with E-state index in [1.807, 2.05) is 6.07 Å². The number of hydrogen-bond acceptors (Lipinski definition) is 5. The molecule has 2 aromatic rings. The Morgan fingerprint density at radius 3 is 2.89 bits per heavy atom. The van der Waals surface area contributed by atoms with Crippen LogP contribution < -0.4 is 10.2 Å². The Hall–Kier alpha value is -2.61. The van der Waals surface area contributed by atoms with Gasteiger partial charge in [0, 0.05) is 49.9 Å². The molecule has 2 fully saturated rings. The monoisotopic (exact) mass is 405 g/mol. The first-order valence-electron chi connectivity index (χ1n) is 8.95. The van der Waals surface area contributed by atoms with Gasteiger partial charge in [0.05, 0.1) is 6.20 Å². The summed E-state index contributed by atoms with van der Waals surface area (Å²) in [4.78, 5) is 25.0. The first kappa shape index (κ1) is 18.7. The Balaban J connectivity index is 1.25. The molecule has 0 bridgehead atoms. The zero-order valence-corrected chi connectivity index (χ0v) is 15.6. The number of rotatable bonds is 6. The predicted molar refractivity (Wildman–Crippen MR) is 101 cm³/mol. The number of aromatic nitrogens is 3. The number of nitrogens with zero attached hydrogens (tertiary/aromatic N) is 4. The van der Waals surface area contributed by atoms with E-state index in [4.69, 9.17) is 11.6 Å². The quantitative estimate of drug-likeness (QED) is 0.591. The van der Waals surface area contributed by atoms with Gasteiger partial charge in [-0.15, -0.1) is 0 Å². The van der Waals surface area contributed by atoms with Crippen molar-refractivity contribution in [2.24, 2.45) is 11.8 Å². The topological polar surface area (TPSA) is 71.0 Å². The SMILES string of the molecule is O=C(/C=C/c1cccnc1)NCCC1(F)C2CN(c3nc(Cl)ncc3F)CC21. The third-order valence-electron chi connectivity index (χ3n) is 5.36. The number of hydrogen-bond donors (Lipinski definition) is 1. The maximum absolute atomic E-state index is 15.0. The van der Waals surface area contributed by atoms with Crippen molar-refractivity contribution >= 4 is 29.4 Å². The third-order valence-corrected chi connectivity index (χ3v) is 5.54. The summed E-state index contributed by atoms with van der Waals surface area (Å²) in [6, 6.07) is 3.61. The van der Waals surface area contributed by atoms with Crippen LogP contribution >= 0.6 is 11.6 Å². The largest absolute Gasteiger partial charge is 0.353 e. The van der Waals surface area contributed by atoms with E-state index in [-0.39, 0.29) is 41.8 Å². The fourth-order valence-electron chi connectivity index (χ4n) is 3.86. The molecule has 9 heteroatoms. The lowest BCUT2D eigenvalue weighted by Gasteiger charge is -2.23. The molecule has 2 aromatic heterocycles. The average Bonchev–Trinajstić information content (AvgIpc) is 3.04. The normalized spacial score (nSPS) is 25.8. The number of halogens is 3. The van der Waals surface area contributed by atoms with Gasteiger partial charge in [0.15, 0.2) is 11.6 Å². The summed E-state index contributed by atoms with van der Waals surface area (Å²) >= 11 is 5.72. The van der Waals surface area contributed by atoms with Crippen LogP contribution in [-0.4, -0.2) is 46.2 Å². The number of fused-ring (bicyclic) bond motifs is 1. The van der Waals surface area contributed by atoms with E-state index in [1.54, 1.807) is 29.4 Å². The zero-order valence-electron chi connectivity index (χ0n) is 14.9. The Morgan fingerprint density at radius 1 is 1.39 bits per heavy atom. The van der Waals surface area contributed by atoms with Crippen LogP contribution in [0.5, 0.6) is 0 Å². The van der Waals surface area contributed by atoms with E-state index in [1.165, 1.54) is 6.08 Å². The van der Waals surface area contributed by atoms with E-state index < -0.39 is 11.5 Å². The molecule has 6 nitrogen and oxygen atoms in total. The van der Waals surface area contributed by atoms with Crippen molar-refractivity contribution in [3.63, 3.8) is 0 Å². The van der Waals surface area contributed by atoms with Gasteiger partial charge in [-0.2, -0.15) is 4.98 Å². The van der Waals surface area contributed by atoms with Gasteiger partial charge >= 0.3 is 0 Å². The summed E-state index contributed by atoms with van der Waals surface area (Å²) in [5.74, 6) is -1.12. The molecule has 146 valence electrons. The molecule has 1 N–H and O–H groups in total. The summed E-state index contributed by atoms with van der Waals surface area (Å²) in [5.41, 5.74) is -0.516. The van der Waals surface area contributed by atoms with E-state index in [2.05, 4.69) is 20.3 Å². The van der Waals surface area contributed by atoms with E-state index in [0.717, 1.165) is 11.8 Å². The molecule has 1 aliphatic heterocycles. The van der Waals surface area contributed by atoms with Crippen LogP contribution in [0.4, 0.5) is 14.6 Å². The molecule has 0 spiro atoms. The summed E-state index contributed by atoms with van der Waals surface area (Å²) in [5, 5.41) is 2.66. The molecule has 1 saturated carbocycles. The second-order valence-corrected chi connectivity index (χ2v) is 7.35. The van der Waals surface area contributed by atoms with E-state index >= 15 is 4.39 Å². The molecule has 4 rings (SSSR count).